The number of nitrogens with one attached hydrogen (secondary N) is 1. The molecule has 3 aromatic rings. The lowest BCUT2D eigenvalue weighted by Gasteiger charge is -2.23. The molecule has 0 saturated carbocycles. The van der Waals surface area contributed by atoms with Gasteiger partial charge in [0, 0.05) is 19.2 Å². The molecule has 0 radical (unpaired) electrons. The third-order valence-electron chi connectivity index (χ3n) is 4.48. The number of oxazole rings is 1. The molecule has 1 aliphatic heterocycles. The second-order valence-electron chi connectivity index (χ2n) is 6.12. The van der Waals surface area contributed by atoms with E-state index >= 15 is 0 Å². The first kappa shape index (κ1) is 16.1. The first-order valence-electron chi connectivity index (χ1n) is 8.17. The van der Waals surface area contributed by atoms with Gasteiger partial charge in [-0.1, -0.05) is 0 Å². The second-order valence-corrected chi connectivity index (χ2v) is 6.49. The maximum Gasteiger partial charge on any atom is 0.266 e. The Bertz CT molecular complexity index is 971. The van der Waals surface area contributed by atoms with Crippen LogP contribution in [0.1, 0.15) is 40.8 Å². The Morgan fingerprint density at radius 2 is 2.24 bits per heavy atom. The van der Waals surface area contributed by atoms with Gasteiger partial charge in [0.05, 0.1) is 11.6 Å². The Balaban J connectivity index is 1.61. The molecule has 1 aliphatic rings. The maximum atomic E-state index is 13.0. The van der Waals surface area contributed by atoms with Crippen molar-refractivity contribution in [2.75, 3.05) is 13.7 Å². The van der Waals surface area contributed by atoms with Gasteiger partial charge >= 0.3 is 0 Å². The summed E-state index contributed by atoms with van der Waals surface area (Å²) in [4.78, 5) is 18.1. The number of fused-ring (bicyclic) bond motifs is 1. The van der Waals surface area contributed by atoms with E-state index in [1.165, 1.54) is 0 Å². The minimum Gasteiger partial charge on any atom is -0.461 e. The normalized spacial score (nSPS) is 17.5. The van der Waals surface area contributed by atoms with Crippen LogP contribution in [-0.4, -0.2) is 29.4 Å². The summed E-state index contributed by atoms with van der Waals surface area (Å²) in [5.74, 6) is 1.54. The third kappa shape index (κ3) is 3.01. The van der Waals surface area contributed by atoms with E-state index in [0.717, 1.165) is 29.9 Å². The number of furan rings is 1. The topological polar surface area (TPSA) is 71.6 Å². The van der Waals surface area contributed by atoms with Gasteiger partial charge in [-0.3, -0.25) is 4.79 Å². The minimum atomic E-state index is -0.0496. The van der Waals surface area contributed by atoms with Crippen molar-refractivity contribution < 1.29 is 18.4 Å². The summed E-state index contributed by atoms with van der Waals surface area (Å²) >= 11 is 5.00. The molecule has 2 aromatic heterocycles. The van der Waals surface area contributed by atoms with E-state index in [9.17, 15) is 4.79 Å². The van der Waals surface area contributed by atoms with Crippen molar-refractivity contribution in [2.24, 2.45) is 0 Å². The molecule has 0 unspecified atom stereocenters. The molecule has 1 atom stereocenters. The van der Waals surface area contributed by atoms with Gasteiger partial charge in [-0.05, 0) is 55.4 Å². The zero-order chi connectivity index (χ0) is 17.4. The van der Waals surface area contributed by atoms with Crippen molar-refractivity contribution in [3.63, 3.8) is 0 Å². The van der Waals surface area contributed by atoms with Gasteiger partial charge in [0.15, 0.2) is 5.58 Å². The van der Waals surface area contributed by atoms with E-state index in [-0.39, 0.29) is 11.9 Å². The quantitative estimate of drug-likeness (QED) is 0.708. The van der Waals surface area contributed by atoms with Crippen LogP contribution in [0.5, 0.6) is 0 Å². The number of likely N-dealkylation sites (tertiary alicyclic amines) is 1. The van der Waals surface area contributed by atoms with E-state index in [0.29, 0.717) is 29.1 Å². The number of aromatic amines is 1. The van der Waals surface area contributed by atoms with E-state index in [2.05, 4.69) is 4.98 Å². The number of carbonyl (C=O) groups excluding carboxylic acids is 1. The maximum absolute atomic E-state index is 13.0. The molecule has 1 aromatic carbocycles. The molecule has 25 heavy (non-hydrogen) atoms. The highest BCUT2D eigenvalue weighted by Crippen LogP contribution is 2.34. The molecule has 1 N–H and O–H groups in total. The summed E-state index contributed by atoms with van der Waals surface area (Å²) in [6.45, 7) is 1.13. The molecular weight excluding hydrogens is 340 g/mol. The van der Waals surface area contributed by atoms with Crippen LogP contribution in [0.2, 0.25) is 0 Å². The van der Waals surface area contributed by atoms with Crippen LogP contribution in [0.15, 0.2) is 39.2 Å². The van der Waals surface area contributed by atoms with Crippen LogP contribution in [-0.2, 0) is 11.3 Å². The molecule has 130 valence electrons. The molecule has 1 amide bonds. The lowest BCUT2D eigenvalue weighted by Crippen LogP contribution is -2.30. The molecular formula is C18H18N2O4S. The number of methoxy groups -OCH3 is 1. The number of rotatable bonds is 4. The van der Waals surface area contributed by atoms with Crippen molar-refractivity contribution in [1.29, 1.82) is 0 Å². The molecule has 0 spiro atoms. The van der Waals surface area contributed by atoms with Gasteiger partial charge in [0.25, 0.3) is 10.7 Å². The van der Waals surface area contributed by atoms with E-state index in [4.69, 9.17) is 25.8 Å². The average molecular weight is 358 g/mol. The number of aromatic nitrogens is 1. The van der Waals surface area contributed by atoms with Crippen molar-refractivity contribution >= 4 is 29.2 Å². The van der Waals surface area contributed by atoms with Crippen molar-refractivity contribution in [3.05, 3.63) is 52.3 Å². The van der Waals surface area contributed by atoms with E-state index in [1.807, 2.05) is 23.1 Å². The number of benzene rings is 1. The molecule has 6 nitrogen and oxygen atoms in total. The van der Waals surface area contributed by atoms with Crippen LogP contribution in [0, 0.1) is 4.84 Å². The van der Waals surface area contributed by atoms with Crippen LogP contribution < -0.4 is 0 Å². The van der Waals surface area contributed by atoms with Gasteiger partial charge in [-0.15, -0.1) is 0 Å². The molecule has 4 rings (SSSR count). The van der Waals surface area contributed by atoms with Crippen molar-refractivity contribution in [2.45, 2.75) is 25.5 Å². The fourth-order valence-corrected chi connectivity index (χ4v) is 3.54. The Morgan fingerprint density at radius 3 is 3.08 bits per heavy atom. The lowest BCUT2D eigenvalue weighted by atomic mass is 10.1. The smallest absolute Gasteiger partial charge is 0.266 e. The number of hydrogen-bond acceptors (Lipinski definition) is 5. The molecule has 0 bridgehead atoms. The van der Waals surface area contributed by atoms with E-state index < -0.39 is 0 Å². The number of amides is 1. The molecule has 7 heteroatoms. The SMILES string of the molecule is COCc1ccc([C@@H]2CCCN2C(=O)c2ccc3[nH]c(=S)oc3c2)o1. The van der Waals surface area contributed by atoms with Gasteiger partial charge in [0.2, 0.25) is 0 Å². The number of carbonyl (C=O) groups is 1. The Labute approximate surface area is 149 Å². The monoisotopic (exact) mass is 358 g/mol. The molecule has 1 saturated heterocycles. The molecule has 0 aliphatic carbocycles. The summed E-state index contributed by atoms with van der Waals surface area (Å²) < 4.78 is 16.4. The highest BCUT2D eigenvalue weighted by Gasteiger charge is 2.32. The molecule has 3 heterocycles. The third-order valence-corrected chi connectivity index (χ3v) is 4.66. The van der Waals surface area contributed by atoms with Crippen molar-refractivity contribution in [1.82, 2.24) is 9.88 Å². The van der Waals surface area contributed by atoms with Gasteiger partial charge < -0.3 is 23.5 Å². The number of hydrogen-bond donors (Lipinski definition) is 1. The fraction of sp³-hybridized carbons (Fsp3) is 0.333. The lowest BCUT2D eigenvalue weighted by molar-refractivity contribution is 0.0716. The average Bonchev–Trinajstić information content (AvgIpc) is 3.31. The van der Waals surface area contributed by atoms with Gasteiger partial charge in [-0.2, -0.15) is 0 Å². The summed E-state index contributed by atoms with van der Waals surface area (Å²) in [5.41, 5.74) is 1.96. The van der Waals surface area contributed by atoms with Gasteiger partial charge in [0.1, 0.15) is 18.1 Å². The van der Waals surface area contributed by atoms with Crippen molar-refractivity contribution in [3.8, 4) is 0 Å². The summed E-state index contributed by atoms with van der Waals surface area (Å²) in [5, 5.41) is 0. The highest BCUT2D eigenvalue weighted by molar-refractivity contribution is 7.71. The van der Waals surface area contributed by atoms with Crippen LogP contribution in [0.3, 0.4) is 0 Å². The van der Waals surface area contributed by atoms with E-state index in [1.54, 1.807) is 19.2 Å². The van der Waals surface area contributed by atoms with Crippen LogP contribution >= 0.6 is 12.2 Å². The zero-order valence-corrected chi connectivity index (χ0v) is 14.6. The number of nitrogens with zero attached hydrogens (tertiary/aromatic N) is 1. The first-order chi connectivity index (χ1) is 12.2. The summed E-state index contributed by atoms with van der Waals surface area (Å²) in [7, 11) is 1.63. The zero-order valence-electron chi connectivity index (χ0n) is 13.8. The fourth-order valence-electron chi connectivity index (χ4n) is 3.34. The Morgan fingerprint density at radius 1 is 1.36 bits per heavy atom. The highest BCUT2D eigenvalue weighted by atomic mass is 32.1. The van der Waals surface area contributed by atoms with Gasteiger partial charge in [-0.25, -0.2) is 0 Å². The first-order valence-corrected chi connectivity index (χ1v) is 8.58. The summed E-state index contributed by atoms with van der Waals surface area (Å²) in [6, 6.07) is 9.12. The predicted octanol–water partition coefficient (Wildman–Crippen LogP) is 4.21. The Kier molecular flexibility index (Phi) is 4.19. The molecule has 1 fully saturated rings. The number of ether oxygens (including phenoxy) is 1. The standard InChI is InChI=1S/C18H18N2O4S/c1-22-10-12-5-7-15(23-12)14-3-2-8-20(14)17(21)11-4-6-13-16(9-11)24-18(25)19-13/h4-7,9,14H,2-3,8,10H2,1H3,(H,19,25)/t14-/m0/s1. The van der Waals surface area contributed by atoms with Crippen LogP contribution in [0.4, 0.5) is 0 Å². The number of H-pyrrole nitrogens is 1. The Hall–Kier alpha value is -2.38. The van der Waals surface area contributed by atoms with Crippen LogP contribution in [0.25, 0.3) is 11.1 Å². The second kappa shape index (κ2) is 6.50. The largest absolute Gasteiger partial charge is 0.461 e. The predicted molar refractivity (Wildman–Crippen MR) is 93.8 cm³/mol. The summed E-state index contributed by atoms with van der Waals surface area (Å²) in [6.07, 6.45) is 1.84. The minimum absolute atomic E-state index is 0.0311.